The van der Waals surface area contributed by atoms with Crippen LogP contribution in [0.15, 0.2) is 35.2 Å². The van der Waals surface area contributed by atoms with E-state index in [9.17, 15) is 0 Å². The molecule has 0 spiro atoms. The minimum absolute atomic E-state index is 0.341. The Morgan fingerprint density at radius 2 is 2.00 bits per heavy atom. The van der Waals surface area contributed by atoms with E-state index < -0.39 is 0 Å². The highest BCUT2D eigenvalue weighted by Crippen LogP contribution is 2.66. The van der Waals surface area contributed by atoms with Gasteiger partial charge in [0.2, 0.25) is 0 Å². The van der Waals surface area contributed by atoms with Crippen LogP contribution >= 0.6 is 0 Å². The van der Waals surface area contributed by atoms with E-state index in [0.29, 0.717) is 30.5 Å². The maximum atomic E-state index is 5.67. The first-order valence-corrected chi connectivity index (χ1v) is 12.6. The molecule has 1 heterocycles. The Morgan fingerprint density at radius 1 is 1.16 bits per heavy atom. The maximum absolute atomic E-state index is 5.67. The lowest BCUT2D eigenvalue weighted by Gasteiger charge is -2.57. The summed E-state index contributed by atoms with van der Waals surface area (Å²) in [4.78, 5) is 5.67. The molecule has 1 aromatic rings. The summed E-state index contributed by atoms with van der Waals surface area (Å²) in [5.41, 5.74) is 11.5. The van der Waals surface area contributed by atoms with Crippen molar-refractivity contribution in [3.05, 3.63) is 35.7 Å². The summed E-state index contributed by atoms with van der Waals surface area (Å²) < 4.78 is 1.80. The van der Waals surface area contributed by atoms with Crippen LogP contribution in [0.3, 0.4) is 0 Å². The van der Waals surface area contributed by atoms with Crippen LogP contribution in [0.4, 0.5) is 0 Å². The zero-order valence-electron chi connectivity index (χ0n) is 19.9. The largest absolute Gasteiger partial charge is 0.394 e. The van der Waals surface area contributed by atoms with E-state index in [1.54, 1.807) is 10.3 Å². The fourth-order valence-electron chi connectivity index (χ4n) is 7.52. The van der Waals surface area contributed by atoms with Gasteiger partial charge in [-0.2, -0.15) is 0 Å². The third-order valence-corrected chi connectivity index (χ3v) is 9.51. The molecule has 0 aliphatic heterocycles. The average molecular weight is 438 g/mol. The van der Waals surface area contributed by atoms with Crippen LogP contribution in [0, 0.1) is 28.6 Å². The molecule has 6 nitrogen and oxygen atoms in total. The normalized spacial score (nSPS) is 37.6. The molecule has 174 valence electrons. The zero-order valence-corrected chi connectivity index (χ0v) is 19.9. The summed E-state index contributed by atoms with van der Waals surface area (Å²) in [6.07, 6.45) is 15.2. The lowest BCUT2D eigenvalue weighted by Crippen LogP contribution is -2.49. The third kappa shape index (κ3) is 3.64. The minimum atomic E-state index is 0.341. The molecule has 0 aromatic carbocycles. The SMILES string of the molecule is C=C1CCC2C3CCC4=CC(=NOCCn5cc(CCN)nn5)CC[C@]4(C)C3CC[C@]12C. The molecule has 4 aliphatic carbocycles. The number of oxime groups is 1. The molecule has 0 bridgehead atoms. The molecule has 0 amide bonds. The number of hydrogen-bond donors (Lipinski definition) is 1. The Hall–Kier alpha value is -1.95. The molecule has 6 heteroatoms. The summed E-state index contributed by atoms with van der Waals surface area (Å²) in [5, 5.41) is 12.7. The highest BCUT2D eigenvalue weighted by molar-refractivity contribution is 5.96. The van der Waals surface area contributed by atoms with E-state index in [-0.39, 0.29) is 0 Å². The minimum Gasteiger partial charge on any atom is -0.394 e. The van der Waals surface area contributed by atoms with Crippen LogP contribution in [0.5, 0.6) is 0 Å². The standard InChI is InChI=1S/C26H39N5O/c1-18-4-7-23-22-6-5-19-16-20(8-11-26(19,3)24(22)9-12-25(18,23)2)29-32-15-14-31-17-21(10-13-27)28-30-31/h16-17,22-24H,1,4-15,27H2,2-3H3/t22?,23?,24?,25-,26+/m1/s1. The molecule has 4 aliphatic rings. The summed E-state index contributed by atoms with van der Waals surface area (Å²) >= 11 is 0. The molecule has 5 atom stereocenters. The number of fused-ring (bicyclic) bond motifs is 5. The quantitative estimate of drug-likeness (QED) is 0.398. The van der Waals surface area contributed by atoms with E-state index in [2.05, 4.69) is 42.0 Å². The van der Waals surface area contributed by atoms with Crippen molar-refractivity contribution in [3.63, 3.8) is 0 Å². The van der Waals surface area contributed by atoms with Crippen molar-refractivity contribution < 1.29 is 4.84 Å². The first kappa shape index (κ1) is 21.9. The molecule has 1 aromatic heterocycles. The second-order valence-electron chi connectivity index (χ2n) is 11.0. The van der Waals surface area contributed by atoms with E-state index in [1.807, 2.05) is 6.20 Å². The Labute approximate surface area is 192 Å². The summed E-state index contributed by atoms with van der Waals surface area (Å²) in [6, 6.07) is 0. The Kier molecular flexibility index (Phi) is 5.77. The van der Waals surface area contributed by atoms with Crippen molar-refractivity contribution in [1.82, 2.24) is 15.0 Å². The zero-order chi connectivity index (χ0) is 22.3. The summed E-state index contributed by atoms with van der Waals surface area (Å²) in [5.74, 6) is 2.55. The van der Waals surface area contributed by atoms with Crippen LogP contribution in [0.2, 0.25) is 0 Å². The van der Waals surface area contributed by atoms with E-state index >= 15 is 0 Å². The van der Waals surface area contributed by atoms with Gasteiger partial charge in [-0.1, -0.05) is 41.9 Å². The molecular formula is C26H39N5O. The van der Waals surface area contributed by atoms with Gasteiger partial charge in [-0.05, 0) is 92.6 Å². The van der Waals surface area contributed by atoms with E-state index in [1.165, 1.54) is 50.5 Å². The van der Waals surface area contributed by atoms with Crippen molar-refractivity contribution in [2.24, 2.45) is 39.5 Å². The van der Waals surface area contributed by atoms with Gasteiger partial charge in [0.05, 0.1) is 18.0 Å². The molecular weight excluding hydrogens is 398 g/mol. The number of aromatic nitrogens is 3. The van der Waals surface area contributed by atoms with Crippen molar-refractivity contribution >= 4 is 5.71 Å². The van der Waals surface area contributed by atoms with Crippen molar-refractivity contribution in [2.75, 3.05) is 13.2 Å². The summed E-state index contributed by atoms with van der Waals surface area (Å²) in [6.45, 7) is 11.3. The average Bonchev–Trinajstić information content (AvgIpc) is 3.35. The van der Waals surface area contributed by atoms with E-state index in [0.717, 1.165) is 42.0 Å². The second kappa shape index (κ2) is 8.44. The second-order valence-corrected chi connectivity index (χ2v) is 11.0. The van der Waals surface area contributed by atoms with Gasteiger partial charge in [-0.15, -0.1) is 5.10 Å². The molecule has 32 heavy (non-hydrogen) atoms. The van der Waals surface area contributed by atoms with Crippen LogP contribution in [-0.2, 0) is 17.8 Å². The predicted molar refractivity (Wildman–Crippen MR) is 127 cm³/mol. The lowest BCUT2D eigenvalue weighted by atomic mass is 9.47. The highest BCUT2D eigenvalue weighted by Gasteiger charge is 2.57. The molecule has 3 unspecified atom stereocenters. The fourth-order valence-corrected chi connectivity index (χ4v) is 7.52. The third-order valence-electron chi connectivity index (χ3n) is 9.51. The number of nitrogens with zero attached hydrogens (tertiary/aromatic N) is 4. The first-order chi connectivity index (χ1) is 15.4. The maximum Gasteiger partial charge on any atom is 0.136 e. The highest BCUT2D eigenvalue weighted by atomic mass is 16.6. The van der Waals surface area contributed by atoms with Crippen LogP contribution in [0.1, 0.15) is 70.9 Å². The molecule has 5 rings (SSSR count). The van der Waals surface area contributed by atoms with Gasteiger partial charge in [0.15, 0.2) is 0 Å². The fraction of sp³-hybridized carbons (Fsp3) is 0.731. The number of nitrogens with two attached hydrogens (primary N) is 1. The van der Waals surface area contributed by atoms with Crippen LogP contribution < -0.4 is 5.73 Å². The number of rotatable bonds is 6. The number of allylic oxidation sites excluding steroid dienone is 3. The van der Waals surface area contributed by atoms with Gasteiger partial charge in [0.25, 0.3) is 0 Å². The first-order valence-electron chi connectivity index (χ1n) is 12.6. The van der Waals surface area contributed by atoms with Crippen molar-refractivity contribution in [3.8, 4) is 0 Å². The van der Waals surface area contributed by atoms with Gasteiger partial charge in [-0.3, -0.25) is 0 Å². The Bertz CT molecular complexity index is 932. The van der Waals surface area contributed by atoms with Crippen LogP contribution in [-0.4, -0.2) is 33.9 Å². The predicted octanol–water partition coefficient (Wildman–Crippen LogP) is 4.67. The van der Waals surface area contributed by atoms with Gasteiger partial charge in [-0.25, -0.2) is 4.68 Å². The molecule has 0 saturated heterocycles. The topological polar surface area (TPSA) is 78.3 Å². The Balaban J connectivity index is 1.22. The van der Waals surface area contributed by atoms with Gasteiger partial charge >= 0.3 is 0 Å². The van der Waals surface area contributed by atoms with Gasteiger partial charge in [0, 0.05) is 12.6 Å². The molecule has 2 N–H and O–H groups in total. The van der Waals surface area contributed by atoms with Crippen molar-refractivity contribution in [2.45, 2.75) is 78.2 Å². The van der Waals surface area contributed by atoms with E-state index in [4.69, 9.17) is 10.6 Å². The smallest absolute Gasteiger partial charge is 0.136 e. The Morgan fingerprint density at radius 3 is 2.84 bits per heavy atom. The summed E-state index contributed by atoms with van der Waals surface area (Å²) in [7, 11) is 0. The monoisotopic (exact) mass is 437 g/mol. The van der Waals surface area contributed by atoms with Crippen LogP contribution in [0.25, 0.3) is 0 Å². The van der Waals surface area contributed by atoms with Crippen molar-refractivity contribution in [1.29, 1.82) is 0 Å². The van der Waals surface area contributed by atoms with Gasteiger partial charge in [0.1, 0.15) is 6.61 Å². The lowest BCUT2D eigenvalue weighted by molar-refractivity contribution is -0.0226. The molecule has 3 saturated carbocycles. The van der Waals surface area contributed by atoms with Gasteiger partial charge < -0.3 is 10.6 Å². The number of hydrogen-bond acceptors (Lipinski definition) is 5. The molecule has 0 radical (unpaired) electrons. The molecule has 3 fully saturated rings.